The molecule has 1 N–H and O–H groups in total. The van der Waals surface area contributed by atoms with E-state index in [2.05, 4.69) is 34.1 Å². The zero-order valence-corrected chi connectivity index (χ0v) is 18.6. The van der Waals surface area contributed by atoms with Crippen molar-refractivity contribution in [2.45, 2.75) is 26.2 Å². The van der Waals surface area contributed by atoms with Crippen LogP contribution in [0.2, 0.25) is 0 Å². The normalized spacial score (nSPS) is 14.8. The molecule has 0 atom stereocenters. The second-order valence-electron chi connectivity index (χ2n) is 7.96. The molecule has 1 aliphatic rings. The first-order chi connectivity index (χ1) is 15.0. The number of pyridine rings is 1. The number of amides is 2. The first-order valence-electron chi connectivity index (χ1n) is 10.8. The van der Waals surface area contributed by atoms with Gasteiger partial charge in [-0.25, -0.2) is 9.67 Å². The standard InChI is InChI=1S/C22H32N6O3/c1-17(2)21-18(15-25-28(21)19-7-4-5-8-23-19)22(30)27-12-10-26(11-13-27)16-20(29)24-9-6-14-31-3/h4-5,7-8,15,17H,6,9-14,16H2,1-3H3,(H,24,29). The summed E-state index contributed by atoms with van der Waals surface area (Å²) in [5, 5.41) is 7.36. The lowest BCUT2D eigenvalue weighted by atomic mass is 10.0. The summed E-state index contributed by atoms with van der Waals surface area (Å²) >= 11 is 0. The van der Waals surface area contributed by atoms with Gasteiger partial charge in [0.2, 0.25) is 5.91 Å². The van der Waals surface area contributed by atoms with Crippen molar-refractivity contribution < 1.29 is 14.3 Å². The Bertz CT molecular complexity index is 859. The van der Waals surface area contributed by atoms with E-state index < -0.39 is 0 Å². The first kappa shape index (κ1) is 22.9. The molecule has 0 spiro atoms. The zero-order valence-electron chi connectivity index (χ0n) is 18.6. The predicted octanol–water partition coefficient (Wildman–Crippen LogP) is 1.30. The van der Waals surface area contributed by atoms with E-state index in [9.17, 15) is 9.59 Å². The highest BCUT2D eigenvalue weighted by Crippen LogP contribution is 2.24. The molecule has 2 aromatic rings. The Morgan fingerprint density at radius 3 is 2.61 bits per heavy atom. The van der Waals surface area contributed by atoms with Crippen LogP contribution in [0.4, 0.5) is 0 Å². The SMILES string of the molecule is COCCCNC(=O)CN1CCN(C(=O)c2cnn(-c3ccccn3)c2C(C)C)CC1. The largest absolute Gasteiger partial charge is 0.385 e. The lowest BCUT2D eigenvalue weighted by Crippen LogP contribution is -2.51. The number of ether oxygens (including phenoxy) is 1. The van der Waals surface area contributed by atoms with Crippen molar-refractivity contribution in [3.63, 3.8) is 0 Å². The van der Waals surface area contributed by atoms with Crippen LogP contribution in [0.15, 0.2) is 30.6 Å². The van der Waals surface area contributed by atoms with Crippen molar-refractivity contribution in [1.82, 2.24) is 29.9 Å². The number of aromatic nitrogens is 3. The van der Waals surface area contributed by atoms with Crippen molar-refractivity contribution in [3.8, 4) is 5.82 Å². The van der Waals surface area contributed by atoms with E-state index in [1.807, 2.05) is 23.1 Å². The van der Waals surface area contributed by atoms with E-state index in [0.29, 0.717) is 57.3 Å². The number of hydrogen-bond donors (Lipinski definition) is 1. The third-order valence-electron chi connectivity index (χ3n) is 5.32. The minimum atomic E-state index is -0.0189. The molecular formula is C22H32N6O3. The summed E-state index contributed by atoms with van der Waals surface area (Å²) in [6.07, 6.45) is 4.16. The Morgan fingerprint density at radius 1 is 1.19 bits per heavy atom. The number of piperazine rings is 1. The topological polar surface area (TPSA) is 92.6 Å². The van der Waals surface area contributed by atoms with Gasteiger partial charge in [0.15, 0.2) is 5.82 Å². The maximum Gasteiger partial charge on any atom is 0.257 e. The lowest BCUT2D eigenvalue weighted by molar-refractivity contribution is -0.122. The fourth-order valence-electron chi connectivity index (χ4n) is 3.72. The first-order valence-corrected chi connectivity index (χ1v) is 10.8. The van der Waals surface area contributed by atoms with E-state index in [0.717, 1.165) is 12.1 Å². The molecule has 1 aliphatic heterocycles. The summed E-state index contributed by atoms with van der Waals surface area (Å²) in [5.74, 6) is 0.808. The van der Waals surface area contributed by atoms with Gasteiger partial charge < -0.3 is 15.0 Å². The van der Waals surface area contributed by atoms with E-state index in [4.69, 9.17) is 4.74 Å². The van der Waals surface area contributed by atoms with Gasteiger partial charge >= 0.3 is 0 Å². The highest BCUT2D eigenvalue weighted by molar-refractivity contribution is 5.95. The molecule has 168 valence electrons. The van der Waals surface area contributed by atoms with E-state index in [1.54, 1.807) is 24.2 Å². The third kappa shape index (κ3) is 5.89. The van der Waals surface area contributed by atoms with Crippen molar-refractivity contribution in [3.05, 3.63) is 41.9 Å². The summed E-state index contributed by atoms with van der Waals surface area (Å²) in [6.45, 7) is 8.21. The second-order valence-corrected chi connectivity index (χ2v) is 7.96. The number of nitrogens with one attached hydrogen (secondary N) is 1. The van der Waals surface area contributed by atoms with Crippen molar-refractivity contribution in [1.29, 1.82) is 0 Å². The highest BCUT2D eigenvalue weighted by Gasteiger charge is 2.28. The molecule has 3 rings (SSSR count). The Hall–Kier alpha value is -2.78. The summed E-state index contributed by atoms with van der Waals surface area (Å²) < 4.78 is 6.74. The smallest absolute Gasteiger partial charge is 0.257 e. The van der Waals surface area contributed by atoms with Gasteiger partial charge in [0.05, 0.1) is 24.0 Å². The summed E-state index contributed by atoms with van der Waals surface area (Å²) in [6, 6.07) is 5.64. The Labute approximate surface area is 183 Å². The molecule has 2 amide bonds. The van der Waals surface area contributed by atoms with Crippen LogP contribution >= 0.6 is 0 Å². The van der Waals surface area contributed by atoms with Crippen LogP contribution < -0.4 is 5.32 Å². The molecule has 0 aromatic carbocycles. The summed E-state index contributed by atoms with van der Waals surface area (Å²) in [4.78, 5) is 33.6. The Kier molecular flexibility index (Phi) is 8.13. The van der Waals surface area contributed by atoms with Crippen LogP contribution in [0.25, 0.3) is 5.82 Å². The minimum absolute atomic E-state index is 0.00890. The maximum absolute atomic E-state index is 13.2. The molecule has 0 aliphatic carbocycles. The number of hydrogen-bond acceptors (Lipinski definition) is 6. The second kappa shape index (κ2) is 11.0. The average molecular weight is 429 g/mol. The van der Waals surface area contributed by atoms with Crippen LogP contribution in [0.5, 0.6) is 0 Å². The number of nitrogens with zero attached hydrogens (tertiary/aromatic N) is 5. The molecule has 3 heterocycles. The lowest BCUT2D eigenvalue weighted by Gasteiger charge is -2.34. The van der Waals surface area contributed by atoms with Crippen LogP contribution in [0.1, 0.15) is 42.2 Å². The molecule has 0 unspecified atom stereocenters. The van der Waals surface area contributed by atoms with Gasteiger partial charge in [0.1, 0.15) is 0 Å². The Morgan fingerprint density at radius 2 is 1.97 bits per heavy atom. The third-order valence-corrected chi connectivity index (χ3v) is 5.32. The van der Waals surface area contributed by atoms with Crippen molar-refractivity contribution in [2.24, 2.45) is 0 Å². The van der Waals surface area contributed by atoms with E-state index in [1.165, 1.54) is 0 Å². The van der Waals surface area contributed by atoms with Gasteiger partial charge in [0.25, 0.3) is 5.91 Å². The average Bonchev–Trinajstić information content (AvgIpc) is 3.23. The highest BCUT2D eigenvalue weighted by atomic mass is 16.5. The minimum Gasteiger partial charge on any atom is -0.385 e. The number of rotatable bonds is 9. The summed E-state index contributed by atoms with van der Waals surface area (Å²) in [5.41, 5.74) is 1.48. The van der Waals surface area contributed by atoms with Gasteiger partial charge in [-0.05, 0) is 24.5 Å². The molecule has 0 radical (unpaired) electrons. The van der Waals surface area contributed by atoms with Crippen LogP contribution in [0.3, 0.4) is 0 Å². The maximum atomic E-state index is 13.2. The molecule has 31 heavy (non-hydrogen) atoms. The number of methoxy groups -OCH3 is 1. The number of carbonyl (C=O) groups is 2. The van der Waals surface area contributed by atoms with Gasteiger partial charge in [-0.1, -0.05) is 19.9 Å². The fourth-order valence-corrected chi connectivity index (χ4v) is 3.72. The zero-order chi connectivity index (χ0) is 22.2. The molecule has 0 saturated carbocycles. The van der Waals surface area contributed by atoms with Gasteiger partial charge in [-0.2, -0.15) is 5.10 Å². The van der Waals surface area contributed by atoms with E-state index in [-0.39, 0.29) is 17.7 Å². The monoisotopic (exact) mass is 428 g/mol. The van der Waals surface area contributed by atoms with Crippen LogP contribution in [-0.4, -0.2) is 89.4 Å². The molecule has 2 aromatic heterocycles. The van der Waals surface area contributed by atoms with Crippen molar-refractivity contribution >= 4 is 11.8 Å². The molecule has 1 fully saturated rings. The molecule has 1 saturated heterocycles. The van der Waals surface area contributed by atoms with Gasteiger partial charge in [-0.3, -0.25) is 14.5 Å². The molecule has 0 bridgehead atoms. The van der Waals surface area contributed by atoms with Gasteiger partial charge in [-0.15, -0.1) is 0 Å². The summed E-state index contributed by atoms with van der Waals surface area (Å²) in [7, 11) is 1.65. The van der Waals surface area contributed by atoms with Gasteiger partial charge in [0, 0.05) is 52.6 Å². The molecule has 9 heteroatoms. The van der Waals surface area contributed by atoms with E-state index >= 15 is 0 Å². The van der Waals surface area contributed by atoms with Crippen molar-refractivity contribution in [2.75, 3.05) is 53.0 Å². The fraction of sp³-hybridized carbons (Fsp3) is 0.545. The Balaban J connectivity index is 1.59. The van der Waals surface area contributed by atoms with Crippen LogP contribution in [-0.2, 0) is 9.53 Å². The van der Waals surface area contributed by atoms with Crippen LogP contribution in [0, 0.1) is 0 Å². The molecular weight excluding hydrogens is 396 g/mol. The quantitative estimate of drug-likeness (QED) is 0.606. The predicted molar refractivity (Wildman–Crippen MR) is 117 cm³/mol. The molecule has 9 nitrogen and oxygen atoms in total. The number of carbonyl (C=O) groups excluding carboxylic acids is 2.